The summed E-state index contributed by atoms with van der Waals surface area (Å²) in [6.07, 6.45) is 1.73. The largest absolute Gasteiger partial charge is 0.360 e. The summed E-state index contributed by atoms with van der Waals surface area (Å²) in [5.74, 6) is 0.0323. The van der Waals surface area contributed by atoms with Crippen LogP contribution in [0.5, 0.6) is 0 Å². The molecule has 0 radical (unpaired) electrons. The molecule has 8 nitrogen and oxygen atoms in total. The SMILES string of the molecule is CC(=O)Nc1cccc(-n2nnnc2SCC(=O)c2c[nH]c3ccccc23)c1. The molecule has 4 aromatic rings. The molecule has 0 aliphatic heterocycles. The number of nitrogens with one attached hydrogen (secondary N) is 2. The number of tetrazole rings is 1. The fourth-order valence-electron chi connectivity index (χ4n) is 2.86. The van der Waals surface area contributed by atoms with E-state index in [0.29, 0.717) is 22.1 Å². The number of ketones is 1. The van der Waals surface area contributed by atoms with Gasteiger partial charge in [0.2, 0.25) is 11.1 Å². The average Bonchev–Trinajstić information content (AvgIpc) is 3.33. The Balaban J connectivity index is 1.52. The molecule has 140 valence electrons. The molecule has 0 atom stereocenters. The first-order valence-electron chi connectivity index (χ1n) is 8.50. The first kappa shape index (κ1) is 17.9. The Bertz CT molecular complexity index is 1170. The summed E-state index contributed by atoms with van der Waals surface area (Å²) in [5.41, 5.74) is 2.91. The number of Topliss-reactive ketones (excluding diaryl/α,β-unsaturated/α-hetero) is 1. The molecule has 2 N–H and O–H groups in total. The van der Waals surface area contributed by atoms with Crippen LogP contribution in [0.4, 0.5) is 5.69 Å². The number of thioether (sulfide) groups is 1. The summed E-state index contributed by atoms with van der Waals surface area (Å²) in [5, 5.41) is 15.9. The standard InChI is InChI=1S/C19H16N6O2S/c1-12(26)21-13-5-4-6-14(9-13)25-19(22-23-24-25)28-11-18(27)16-10-20-17-8-3-2-7-15(16)17/h2-10,20H,11H2,1H3,(H,21,26). The van der Waals surface area contributed by atoms with Crippen LogP contribution in [0.1, 0.15) is 17.3 Å². The molecule has 0 bridgehead atoms. The molecular formula is C19H16N6O2S. The van der Waals surface area contributed by atoms with Gasteiger partial charge in [-0.2, -0.15) is 4.68 Å². The highest BCUT2D eigenvalue weighted by molar-refractivity contribution is 7.99. The van der Waals surface area contributed by atoms with E-state index in [1.165, 1.54) is 18.7 Å². The van der Waals surface area contributed by atoms with Gasteiger partial charge in [-0.3, -0.25) is 9.59 Å². The van der Waals surface area contributed by atoms with Crippen molar-refractivity contribution >= 4 is 40.0 Å². The first-order valence-corrected chi connectivity index (χ1v) is 9.49. The Morgan fingerprint density at radius 2 is 2.04 bits per heavy atom. The number of H-pyrrole nitrogens is 1. The van der Waals surface area contributed by atoms with Crippen molar-refractivity contribution in [2.45, 2.75) is 12.1 Å². The number of hydrogen-bond donors (Lipinski definition) is 2. The molecule has 0 saturated carbocycles. The van der Waals surface area contributed by atoms with Crippen LogP contribution < -0.4 is 5.32 Å². The number of fused-ring (bicyclic) bond motifs is 1. The third-order valence-corrected chi connectivity index (χ3v) is 4.99. The fraction of sp³-hybridized carbons (Fsp3) is 0.105. The molecule has 1 amide bonds. The summed E-state index contributed by atoms with van der Waals surface area (Å²) >= 11 is 1.26. The van der Waals surface area contributed by atoms with Gasteiger partial charge in [-0.1, -0.05) is 36.0 Å². The number of para-hydroxylation sites is 1. The van der Waals surface area contributed by atoms with Crippen LogP contribution in [-0.4, -0.2) is 42.6 Å². The second-order valence-corrected chi connectivity index (χ2v) is 7.01. The highest BCUT2D eigenvalue weighted by atomic mass is 32.2. The van der Waals surface area contributed by atoms with Crippen LogP contribution in [0.15, 0.2) is 59.9 Å². The first-order chi connectivity index (χ1) is 13.6. The van der Waals surface area contributed by atoms with Gasteiger partial charge < -0.3 is 10.3 Å². The number of carbonyl (C=O) groups is 2. The Hall–Kier alpha value is -3.46. The van der Waals surface area contributed by atoms with Gasteiger partial charge in [-0.15, -0.1) is 5.10 Å². The molecule has 2 heterocycles. The molecule has 0 unspecified atom stereocenters. The van der Waals surface area contributed by atoms with E-state index in [2.05, 4.69) is 25.8 Å². The molecule has 2 aromatic carbocycles. The zero-order valence-corrected chi connectivity index (χ0v) is 15.7. The Kier molecular flexibility index (Phi) is 4.90. The van der Waals surface area contributed by atoms with E-state index in [9.17, 15) is 9.59 Å². The van der Waals surface area contributed by atoms with Gasteiger partial charge in [-0.05, 0) is 34.7 Å². The van der Waals surface area contributed by atoms with Crippen LogP contribution in [0, 0.1) is 0 Å². The van der Waals surface area contributed by atoms with Crippen LogP contribution >= 0.6 is 11.8 Å². The van der Waals surface area contributed by atoms with Crippen molar-refractivity contribution in [2.75, 3.05) is 11.1 Å². The lowest BCUT2D eigenvalue weighted by Gasteiger charge is -2.07. The van der Waals surface area contributed by atoms with Gasteiger partial charge in [-0.25, -0.2) is 0 Å². The van der Waals surface area contributed by atoms with Crippen LogP contribution in [0.25, 0.3) is 16.6 Å². The molecule has 4 rings (SSSR count). The highest BCUT2D eigenvalue weighted by Crippen LogP contribution is 2.24. The zero-order chi connectivity index (χ0) is 19.5. The normalized spacial score (nSPS) is 10.9. The Morgan fingerprint density at radius 1 is 1.18 bits per heavy atom. The number of rotatable bonds is 6. The monoisotopic (exact) mass is 392 g/mol. The maximum absolute atomic E-state index is 12.7. The van der Waals surface area contributed by atoms with Crippen LogP contribution in [0.2, 0.25) is 0 Å². The van der Waals surface area contributed by atoms with E-state index >= 15 is 0 Å². The number of nitrogens with zero attached hydrogens (tertiary/aromatic N) is 4. The molecule has 0 saturated heterocycles. The lowest BCUT2D eigenvalue weighted by atomic mass is 10.1. The molecule has 9 heteroatoms. The summed E-state index contributed by atoms with van der Waals surface area (Å²) < 4.78 is 1.54. The summed E-state index contributed by atoms with van der Waals surface area (Å²) in [6.45, 7) is 1.45. The van der Waals surface area contributed by atoms with Crippen molar-refractivity contribution in [3.63, 3.8) is 0 Å². The van der Waals surface area contributed by atoms with E-state index < -0.39 is 0 Å². The predicted molar refractivity (Wildman–Crippen MR) is 107 cm³/mol. The van der Waals surface area contributed by atoms with E-state index in [4.69, 9.17) is 0 Å². The van der Waals surface area contributed by atoms with Gasteiger partial charge >= 0.3 is 0 Å². The summed E-state index contributed by atoms with van der Waals surface area (Å²) in [7, 11) is 0. The number of amides is 1. The topological polar surface area (TPSA) is 106 Å². The molecule has 2 aromatic heterocycles. The smallest absolute Gasteiger partial charge is 0.221 e. The van der Waals surface area contributed by atoms with Crippen LogP contribution in [-0.2, 0) is 4.79 Å². The third kappa shape index (κ3) is 3.65. The number of anilines is 1. The van der Waals surface area contributed by atoms with Crippen molar-refractivity contribution in [2.24, 2.45) is 0 Å². The predicted octanol–water partition coefficient (Wildman–Crippen LogP) is 3.08. The maximum Gasteiger partial charge on any atom is 0.221 e. The third-order valence-electron chi connectivity index (χ3n) is 4.07. The molecule has 0 spiro atoms. The van der Waals surface area contributed by atoms with Crippen molar-refractivity contribution in [1.29, 1.82) is 0 Å². The number of benzene rings is 2. The van der Waals surface area contributed by atoms with E-state index in [1.54, 1.807) is 29.1 Å². The lowest BCUT2D eigenvalue weighted by Crippen LogP contribution is -2.07. The van der Waals surface area contributed by atoms with Gasteiger partial charge in [0.1, 0.15) is 0 Å². The summed E-state index contributed by atoms with van der Waals surface area (Å²) in [6, 6.07) is 14.9. The zero-order valence-electron chi connectivity index (χ0n) is 14.9. The van der Waals surface area contributed by atoms with Gasteiger partial charge in [0.15, 0.2) is 5.78 Å². The van der Waals surface area contributed by atoms with E-state index in [1.807, 2.05) is 30.3 Å². The van der Waals surface area contributed by atoms with Crippen molar-refractivity contribution < 1.29 is 9.59 Å². The van der Waals surface area contributed by atoms with Crippen molar-refractivity contribution in [3.05, 3.63) is 60.3 Å². The fourth-order valence-corrected chi connectivity index (χ4v) is 3.63. The maximum atomic E-state index is 12.7. The van der Waals surface area contributed by atoms with E-state index in [-0.39, 0.29) is 17.4 Å². The van der Waals surface area contributed by atoms with E-state index in [0.717, 1.165) is 10.9 Å². The second kappa shape index (κ2) is 7.65. The number of hydrogen-bond acceptors (Lipinski definition) is 6. The molecule has 28 heavy (non-hydrogen) atoms. The molecular weight excluding hydrogens is 376 g/mol. The minimum Gasteiger partial charge on any atom is -0.360 e. The average molecular weight is 392 g/mol. The van der Waals surface area contributed by atoms with Crippen molar-refractivity contribution in [1.82, 2.24) is 25.2 Å². The Morgan fingerprint density at radius 3 is 2.89 bits per heavy atom. The minimum absolute atomic E-state index is 0.0102. The van der Waals surface area contributed by atoms with Gasteiger partial charge in [0.05, 0.1) is 11.4 Å². The number of carbonyl (C=O) groups excluding carboxylic acids is 2. The second-order valence-electron chi connectivity index (χ2n) is 6.06. The highest BCUT2D eigenvalue weighted by Gasteiger charge is 2.16. The van der Waals surface area contributed by atoms with Crippen LogP contribution in [0.3, 0.4) is 0 Å². The molecule has 0 aliphatic carbocycles. The molecule has 0 aliphatic rings. The quantitative estimate of drug-likeness (QED) is 0.386. The Labute approximate surface area is 164 Å². The number of aromatic amines is 1. The number of aromatic nitrogens is 5. The minimum atomic E-state index is -0.159. The molecule has 0 fully saturated rings. The van der Waals surface area contributed by atoms with Gasteiger partial charge in [0, 0.05) is 35.3 Å². The summed E-state index contributed by atoms with van der Waals surface area (Å²) in [4.78, 5) is 27.0. The van der Waals surface area contributed by atoms with Gasteiger partial charge in [0.25, 0.3) is 0 Å². The van der Waals surface area contributed by atoms with Crippen molar-refractivity contribution in [3.8, 4) is 5.69 Å². The lowest BCUT2D eigenvalue weighted by molar-refractivity contribution is -0.114.